The number of nitrogens with one attached hydrogen (secondary N) is 1. The molecule has 1 aromatic carbocycles. The van der Waals surface area contributed by atoms with Crippen LogP contribution in [-0.2, 0) is 20.0 Å². The summed E-state index contributed by atoms with van der Waals surface area (Å²) in [5.74, 6) is -0.242. The summed E-state index contributed by atoms with van der Waals surface area (Å²) in [6.07, 6.45) is 2.73. The van der Waals surface area contributed by atoms with Crippen molar-refractivity contribution < 1.29 is 4.79 Å². The van der Waals surface area contributed by atoms with Gasteiger partial charge in [0.2, 0.25) is 0 Å². The van der Waals surface area contributed by atoms with Crippen molar-refractivity contribution in [1.29, 1.82) is 0 Å². The Morgan fingerprint density at radius 2 is 2.25 bits per heavy atom. The molecule has 0 unspecified atom stereocenters. The predicted octanol–water partition coefficient (Wildman–Crippen LogP) is 2.15. The van der Waals surface area contributed by atoms with E-state index in [1.807, 2.05) is 20.2 Å². The standard InChI is InChI=1S/C14H17ClN4O/c1-3-12-9(8-19(2)18-12)7-17-14(20)10-5-4-6-11(16)13(10)15/h4-6,8H,3,7,16H2,1-2H3,(H,17,20). The molecule has 106 valence electrons. The second-order valence-corrected chi connectivity index (χ2v) is 4.90. The molecule has 0 aliphatic carbocycles. The van der Waals surface area contributed by atoms with Crippen LogP contribution in [0.25, 0.3) is 0 Å². The van der Waals surface area contributed by atoms with E-state index in [4.69, 9.17) is 17.3 Å². The van der Waals surface area contributed by atoms with Gasteiger partial charge in [-0.15, -0.1) is 0 Å². The van der Waals surface area contributed by atoms with Gasteiger partial charge in [0.25, 0.3) is 5.91 Å². The molecule has 0 aliphatic rings. The fourth-order valence-electron chi connectivity index (χ4n) is 2.02. The monoisotopic (exact) mass is 292 g/mol. The first-order valence-corrected chi connectivity index (χ1v) is 6.74. The van der Waals surface area contributed by atoms with E-state index >= 15 is 0 Å². The van der Waals surface area contributed by atoms with E-state index in [2.05, 4.69) is 10.4 Å². The number of benzene rings is 1. The third-order valence-corrected chi connectivity index (χ3v) is 3.46. The van der Waals surface area contributed by atoms with Gasteiger partial charge >= 0.3 is 0 Å². The van der Waals surface area contributed by atoms with Crippen LogP contribution in [0.15, 0.2) is 24.4 Å². The molecule has 0 atom stereocenters. The Hall–Kier alpha value is -2.01. The lowest BCUT2D eigenvalue weighted by atomic mass is 10.1. The number of nitrogen functional groups attached to an aromatic ring is 1. The van der Waals surface area contributed by atoms with Crippen LogP contribution in [0.3, 0.4) is 0 Å². The third-order valence-electron chi connectivity index (χ3n) is 3.04. The molecule has 0 saturated heterocycles. The highest BCUT2D eigenvalue weighted by atomic mass is 35.5. The van der Waals surface area contributed by atoms with Gasteiger partial charge in [-0.2, -0.15) is 5.10 Å². The minimum Gasteiger partial charge on any atom is -0.398 e. The largest absolute Gasteiger partial charge is 0.398 e. The topological polar surface area (TPSA) is 72.9 Å². The van der Waals surface area contributed by atoms with Crippen molar-refractivity contribution >= 4 is 23.2 Å². The number of hydrogen-bond acceptors (Lipinski definition) is 3. The molecular formula is C14H17ClN4O. The van der Waals surface area contributed by atoms with Gasteiger partial charge in [-0.3, -0.25) is 9.48 Å². The molecule has 1 aromatic heterocycles. The van der Waals surface area contributed by atoms with Gasteiger partial charge < -0.3 is 11.1 Å². The fourth-order valence-corrected chi connectivity index (χ4v) is 2.24. The first-order valence-electron chi connectivity index (χ1n) is 6.36. The van der Waals surface area contributed by atoms with Crippen LogP contribution in [0.1, 0.15) is 28.5 Å². The lowest BCUT2D eigenvalue weighted by Gasteiger charge is -2.08. The molecule has 6 heteroatoms. The smallest absolute Gasteiger partial charge is 0.253 e. The number of carbonyl (C=O) groups excluding carboxylic acids is 1. The zero-order chi connectivity index (χ0) is 14.7. The van der Waals surface area contributed by atoms with Crippen LogP contribution in [0.2, 0.25) is 5.02 Å². The Balaban J connectivity index is 2.10. The highest BCUT2D eigenvalue weighted by Crippen LogP contribution is 2.22. The average molecular weight is 293 g/mol. The van der Waals surface area contributed by atoms with Crippen molar-refractivity contribution in [1.82, 2.24) is 15.1 Å². The Morgan fingerprint density at radius 3 is 2.95 bits per heavy atom. The van der Waals surface area contributed by atoms with Gasteiger partial charge in [-0.1, -0.05) is 24.6 Å². The summed E-state index contributed by atoms with van der Waals surface area (Å²) in [7, 11) is 1.86. The van der Waals surface area contributed by atoms with Crippen LogP contribution in [0.4, 0.5) is 5.69 Å². The summed E-state index contributed by atoms with van der Waals surface area (Å²) >= 11 is 6.03. The van der Waals surface area contributed by atoms with E-state index in [0.717, 1.165) is 17.7 Å². The normalized spacial score (nSPS) is 10.6. The molecule has 20 heavy (non-hydrogen) atoms. The van der Waals surface area contributed by atoms with Crippen LogP contribution in [-0.4, -0.2) is 15.7 Å². The molecule has 0 radical (unpaired) electrons. The van der Waals surface area contributed by atoms with Crippen LogP contribution >= 0.6 is 11.6 Å². The van der Waals surface area contributed by atoms with Crippen LogP contribution in [0.5, 0.6) is 0 Å². The number of hydrogen-bond donors (Lipinski definition) is 2. The molecule has 0 saturated carbocycles. The molecule has 0 fully saturated rings. The minimum atomic E-state index is -0.242. The van der Waals surface area contributed by atoms with Crippen molar-refractivity contribution in [2.75, 3.05) is 5.73 Å². The Morgan fingerprint density at radius 1 is 1.50 bits per heavy atom. The summed E-state index contributed by atoms with van der Waals surface area (Å²) in [6.45, 7) is 2.45. The number of aromatic nitrogens is 2. The molecule has 1 heterocycles. The predicted molar refractivity (Wildman–Crippen MR) is 79.6 cm³/mol. The van der Waals surface area contributed by atoms with E-state index in [0.29, 0.717) is 17.8 Å². The molecule has 2 aromatic rings. The fraction of sp³-hybridized carbons (Fsp3) is 0.286. The zero-order valence-electron chi connectivity index (χ0n) is 11.5. The molecule has 0 spiro atoms. The lowest BCUT2D eigenvalue weighted by molar-refractivity contribution is 0.0951. The molecule has 3 N–H and O–H groups in total. The Kier molecular flexibility index (Phi) is 4.29. The van der Waals surface area contributed by atoms with Crippen LogP contribution in [0, 0.1) is 0 Å². The summed E-state index contributed by atoms with van der Waals surface area (Å²) in [5, 5.41) is 7.45. The number of rotatable bonds is 4. The van der Waals surface area contributed by atoms with Crippen molar-refractivity contribution in [3.63, 3.8) is 0 Å². The van der Waals surface area contributed by atoms with E-state index in [1.165, 1.54) is 0 Å². The number of halogens is 1. The van der Waals surface area contributed by atoms with Crippen molar-refractivity contribution in [3.05, 3.63) is 46.2 Å². The van der Waals surface area contributed by atoms with E-state index in [9.17, 15) is 4.79 Å². The third kappa shape index (κ3) is 2.93. The number of anilines is 1. The number of nitrogens with zero attached hydrogens (tertiary/aromatic N) is 2. The first-order chi connectivity index (χ1) is 9.52. The summed E-state index contributed by atoms with van der Waals surface area (Å²) in [4.78, 5) is 12.1. The average Bonchev–Trinajstić information content (AvgIpc) is 2.79. The lowest BCUT2D eigenvalue weighted by Crippen LogP contribution is -2.23. The summed E-state index contributed by atoms with van der Waals surface area (Å²) in [6, 6.07) is 5.02. The van der Waals surface area contributed by atoms with E-state index in [1.54, 1.807) is 22.9 Å². The zero-order valence-corrected chi connectivity index (χ0v) is 12.2. The summed E-state index contributed by atoms with van der Waals surface area (Å²) in [5.41, 5.74) is 8.45. The molecule has 5 nitrogen and oxygen atoms in total. The van der Waals surface area contributed by atoms with E-state index < -0.39 is 0 Å². The van der Waals surface area contributed by atoms with Gasteiger partial charge in [0, 0.05) is 25.4 Å². The minimum absolute atomic E-state index is 0.242. The molecular weight excluding hydrogens is 276 g/mol. The van der Waals surface area contributed by atoms with Crippen molar-refractivity contribution in [3.8, 4) is 0 Å². The number of carbonyl (C=O) groups is 1. The van der Waals surface area contributed by atoms with Gasteiger partial charge in [0.15, 0.2) is 0 Å². The highest BCUT2D eigenvalue weighted by Gasteiger charge is 2.13. The van der Waals surface area contributed by atoms with Gasteiger partial charge in [-0.25, -0.2) is 0 Å². The van der Waals surface area contributed by atoms with Gasteiger partial charge in [0.05, 0.1) is 22.0 Å². The van der Waals surface area contributed by atoms with Crippen molar-refractivity contribution in [2.45, 2.75) is 19.9 Å². The van der Waals surface area contributed by atoms with Crippen molar-refractivity contribution in [2.24, 2.45) is 7.05 Å². The SMILES string of the molecule is CCc1nn(C)cc1CNC(=O)c1cccc(N)c1Cl. The van der Waals surface area contributed by atoms with Crippen LogP contribution < -0.4 is 11.1 Å². The second-order valence-electron chi connectivity index (χ2n) is 4.52. The Bertz CT molecular complexity index is 636. The quantitative estimate of drug-likeness (QED) is 0.848. The first kappa shape index (κ1) is 14.4. The number of amides is 1. The maximum atomic E-state index is 12.1. The van der Waals surface area contributed by atoms with E-state index in [-0.39, 0.29) is 10.9 Å². The van der Waals surface area contributed by atoms with Gasteiger partial charge in [-0.05, 0) is 18.6 Å². The maximum Gasteiger partial charge on any atom is 0.253 e. The highest BCUT2D eigenvalue weighted by molar-refractivity contribution is 6.36. The number of nitrogens with two attached hydrogens (primary N) is 1. The molecule has 2 rings (SSSR count). The number of aryl methyl sites for hydroxylation is 2. The summed E-state index contributed by atoms with van der Waals surface area (Å²) < 4.78 is 1.74. The van der Waals surface area contributed by atoms with Gasteiger partial charge in [0.1, 0.15) is 0 Å². The second kappa shape index (κ2) is 5.96. The molecule has 0 aliphatic heterocycles. The maximum absolute atomic E-state index is 12.1. The molecule has 0 bridgehead atoms. The Labute approximate surface area is 122 Å². The molecule has 1 amide bonds.